The highest BCUT2D eigenvalue weighted by molar-refractivity contribution is 5.80. The summed E-state index contributed by atoms with van der Waals surface area (Å²) >= 11 is 0. The van der Waals surface area contributed by atoms with Gasteiger partial charge < -0.3 is 0 Å². The molecular weight excluding hydrogens is 148 g/mol. The number of rotatable bonds is 2. The Morgan fingerprint density at radius 3 is 3.08 bits per heavy atom. The lowest BCUT2D eigenvalue weighted by Gasteiger charge is -2.17. The Hall–Kier alpha value is -0.590. The minimum Gasteiger partial charge on any atom is -0.299 e. The van der Waals surface area contributed by atoms with Crippen LogP contribution in [0.5, 0.6) is 0 Å². The number of hydrogen-bond donors (Lipinski definition) is 0. The van der Waals surface area contributed by atoms with Crippen LogP contribution in [0.1, 0.15) is 39.5 Å². The molecule has 1 aliphatic carbocycles. The normalized spacial score (nSPS) is 26.8. The quantitative estimate of drug-likeness (QED) is 0.576. The molecule has 1 nitrogen and oxygen atoms in total. The molecule has 2 unspecified atom stereocenters. The van der Waals surface area contributed by atoms with Crippen LogP contribution in [0.25, 0.3) is 0 Å². The van der Waals surface area contributed by atoms with Crippen molar-refractivity contribution in [2.75, 3.05) is 0 Å². The summed E-state index contributed by atoms with van der Waals surface area (Å²) in [7, 11) is 0. The number of Topliss-reactive ketones (excluding diaryl/α,β-unsaturated/α-hetero) is 1. The fourth-order valence-corrected chi connectivity index (χ4v) is 1.68. The Labute approximate surface area is 74.9 Å². The van der Waals surface area contributed by atoms with E-state index >= 15 is 0 Å². The van der Waals surface area contributed by atoms with E-state index in [1.807, 2.05) is 6.08 Å². The second-order valence-electron chi connectivity index (χ2n) is 3.76. The number of ketones is 1. The zero-order valence-electron chi connectivity index (χ0n) is 8.05. The van der Waals surface area contributed by atoms with Gasteiger partial charge in [-0.1, -0.05) is 32.4 Å². The molecule has 0 saturated heterocycles. The van der Waals surface area contributed by atoms with E-state index in [9.17, 15) is 4.79 Å². The van der Waals surface area contributed by atoms with Gasteiger partial charge in [0.1, 0.15) is 5.78 Å². The van der Waals surface area contributed by atoms with Crippen LogP contribution >= 0.6 is 0 Å². The van der Waals surface area contributed by atoms with Crippen molar-refractivity contribution >= 4 is 5.78 Å². The summed E-state index contributed by atoms with van der Waals surface area (Å²) < 4.78 is 0. The van der Waals surface area contributed by atoms with Gasteiger partial charge in [0, 0.05) is 12.8 Å². The zero-order valence-corrected chi connectivity index (χ0v) is 8.05. The summed E-state index contributed by atoms with van der Waals surface area (Å²) in [4.78, 5) is 11.1. The van der Waals surface area contributed by atoms with E-state index in [1.165, 1.54) is 6.42 Å². The Bertz CT molecular complexity index is 181. The third kappa shape index (κ3) is 2.47. The minimum atomic E-state index is 0.400. The van der Waals surface area contributed by atoms with Crippen molar-refractivity contribution in [3.05, 3.63) is 12.2 Å². The van der Waals surface area contributed by atoms with Gasteiger partial charge in [-0.05, 0) is 18.3 Å². The van der Waals surface area contributed by atoms with Crippen LogP contribution in [0.4, 0.5) is 0 Å². The van der Waals surface area contributed by atoms with Crippen molar-refractivity contribution in [1.82, 2.24) is 0 Å². The predicted molar refractivity (Wildman–Crippen MR) is 50.9 cm³/mol. The van der Waals surface area contributed by atoms with Crippen molar-refractivity contribution in [3.8, 4) is 0 Å². The molecule has 0 aromatic heterocycles. The van der Waals surface area contributed by atoms with Gasteiger partial charge in [0.2, 0.25) is 0 Å². The Balaban J connectivity index is 2.50. The lowest BCUT2D eigenvalue weighted by molar-refractivity contribution is -0.118. The van der Waals surface area contributed by atoms with E-state index in [0.717, 1.165) is 18.8 Å². The molecule has 1 aliphatic rings. The third-order valence-corrected chi connectivity index (χ3v) is 2.86. The van der Waals surface area contributed by atoms with Crippen LogP contribution in [0.2, 0.25) is 0 Å². The standard InChI is InChI=1S/C11H18O/c1-3-9(2)10-5-4-6-11(12)8-7-10/h4-5,9-10H,3,6-8H2,1-2H3. The molecule has 1 rings (SSSR count). The highest BCUT2D eigenvalue weighted by atomic mass is 16.1. The van der Waals surface area contributed by atoms with Crippen LogP contribution in [-0.4, -0.2) is 5.78 Å². The highest BCUT2D eigenvalue weighted by Crippen LogP contribution is 2.24. The van der Waals surface area contributed by atoms with Crippen LogP contribution in [0.15, 0.2) is 12.2 Å². The third-order valence-electron chi connectivity index (χ3n) is 2.86. The van der Waals surface area contributed by atoms with Gasteiger partial charge >= 0.3 is 0 Å². The summed E-state index contributed by atoms with van der Waals surface area (Å²) in [5, 5.41) is 0. The van der Waals surface area contributed by atoms with E-state index in [0.29, 0.717) is 18.1 Å². The van der Waals surface area contributed by atoms with Crippen LogP contribution in [-0.2, 0) is 4.79 Å². The Morgan fingerprint density at radius 2 is 2.42 bits per heavy atom. The van der Waals surface area contributed by atoms with Crippen LogP contribution in [0.3, 0.4) is 0 Å². The zero-order chi connectivity index (χ0) is 8.97. The smallest absolute Gasteiger partial charge is 0.136 e. The summed E-state index contributed by atoms with van der Waals surface area (Å²) in [5.74, 6) is 1.77. The molecule has 0 aromatic rings. The molecule has 68 valence electrons. The van der Waals surface area contributed by atoms with Crippen molar-refractivity contribution in [2.45, 2.75) is 39.5 Å². The maximum atomic E-state index is 11.1. The first kappa shape index (κ1) is 9.50. The van der Waals surface area contributed by atoms with Gasteiger partial charge in [0.05, 0.1) is 0 Å². The average molecular weight is 166 g/mol. The lowest BCUT2D eigenvalue weighted by atomic mass is 9.88. The predicted octanol–water partition coefficient (Wildman–Crippen LogP) is 2.96. The first-order valence-electron chi connectivity index (χ1n) is 4.92. The van der Waals surface area contributed by atoms with Crippen molar-refractivity contribution < 1.29 is 4.79 Å². The molecule has 2 atom stereocenters. The van der Waals surface area contributed by atoms with Crippen LogP contribution < -0.4 is 0 Å². The maximum absolute atomic E-state index is 11.1. The SMILES string of the molecule is CCC(C)C1C=CCC(=O)CC1. The lowest BCUT2D eigenvalue weighted by Crippen LogP contribution is -2.08. The Kier molecular flexibility index (Phi) is 3.51. The molecule has 0 amide bonds. The molecular formula is C11H18O. The second kappa shape index (κ2) is 4.44. The van der Waals surface area contributed by atoms with E-state index in [2.05, 4.69) is 19.9 Å². The van der Waals surface area contributed by atoms with E-state index < -0.39 is 0 Å². The number of allylic oxidation sites excluding steroid dienone is 2. The molecule has 0 aliphatic heterocycles. The van der Waals surface area contributed by atoms with Crippen molar-refractivity contribution in [2.24, 2.45) is 11.8 Å². The summed E-state index contributed by atoms with van der Waals surface area (Å²) in [5.41, 5.74) is 0. The molecule has 0 radical (unpaired) electrons. The monoisotopic (exact) mass is 166 g/mol. The molecule has 12 heavy (non-hydrogen) atoms. The topological polar surface area (TPSA) is 17.1 Å². The molecule has 0 saturated carbocycles. The van der Waals surface area contributed by atoms with Gasteiger partial charge in [0.15, 0.2) is 0 Å². The fraction of sp³-hybridized carbons (Fsp3) is 0.727. The number of carbonyl (C=O) groups is 1. The van der Waals surface area contributed by atoms with E-state index in [-0.39, 0.29) is 0 Å². The summed E-state index contributed by atoms with van der Waals surface area (Å²) in [6.45, 7) is 4.48. The molecule has 0 spiro atoms. The molecule has 0 heterocycles. The van der Waals surface area contributed by atoms with Gasteiger partial charge in [-0.25, -0.2) is 0 Å². The first-order valence-corrected chi connectivity index (χ1v) is 4.92. The van der Waals surface area contributed by atoms with E-state index in [1.54, 1.807) is 0 Å². The minimum absolute atomic E-state index is 0.400. The van der Waals surface area contributed by atoms with Gasteiger partial charge in [0.25, 0.3) is 0 Å². The average Bonchev–Trinajstić information content (AvgIpc) is 2.29. The molecule has 0 aromatic carbocycles. The molecule has 0 N–H and O–H groups in total. The van der Waals surface area contributed by atoms with E-state index in [4.69, 9.17) is 0 Å². The van der Waals surface area contributed by atoms with Crippen molar-refractivity contribution in [1.29, 1.82) is 0 Å². The maximum Gasteiger partial charge on any atom is 0.136 e. The second-order valence-corrected chi connectivity index (χ2v) is 3.76. The molecule has 0 fully saturated rings. The van der Waals surface area contributed by atoms with Gasteiger partial charge in [-0.3, -0.25) is 4.79 Å². The fourth-order valence-electron chi connectivity index (χ4n) is 1.68. The van der Waals surface area contributed by atoms with Crippen LogP contribution in [0, 0.1) is 11.8 Å². The van der Waals surface area contributed by atoms with Gasteiger partial charge in [-0.2, -0.15) is 0 Å². The summed E-state index contributed by atoms with van der Waals surface area (Å²) in [6.07, 6.45) is 7.99. The molecule has 0 bridgehead atoms. The number of carbonyl (C=O) groups excluding carboxylic acids is 1. The van der Waals surface area contributed by atoms with Gasteiger partial charge in [-0.15, -0.1) is 0 Å². The largest absolute Gasteiger partial charge is 0.299 e. The summed E-state index contributed by atoms with van der Waals surface area (Å²) in [6, 6.07) is 0. The van der Waals surface area contributed by atoms with Crippen molar-refractivity contribution in [3.63, 3.8) is 0 Å². The number of hydrogen-bond acceptors (Lipinski definition) is 1. The first-order chi connectivity index (χ1) is 5.74. The Morgan fingerprint density at radius 1 is 1.67 bits per heavy atom. The highest BCUT2D eigenvalue weighted by Gasteiger charge is 2.16. The molecule has 1 heteroatoms.